The first-order valence-corrected chi connectivity index (χ1v) is 14.9. The Labute approximate surface area is 243 Å². The Morgan fingerprint density at radius 1 is 0.756 bits per heavy atom. The number of hydrogen-bond donors (Lipinski definition) is 0. The molecule has 0 aliphatic carbocycles. The Kier molecular flexibility index (Phi) is 8.33. The Bertz CT molecular complexity index is 1390. The van der Waals surface area contributed by atoms with Gasteiger partial charge in [-0.3, -0.25) is 4.90 Å². The molecule has 0 N–H and O–H groups in total. The summed E-state index contributed by atoms with van der Waals surface area (Å²) in [4.78, 5) is 15.4. The van der Waals surface area contributed by atoms with Crippen LogP contribution in [0.1, 0.15) is 24.8 Å². The van der Waals surface area contributed by atoms with E-state index in [1.165, 1.54) is 11.1 Å². The molecule has 7 rings (SSSR count). The predicted molar refractivity (Wildman–Crippen MR) is 164 cm³/mol. The van der Waals surface area contributed by atoms with Crippen molar-refractivity contribution in [2.24, 2.45) is 5.92 Å². The molecule has 0 aromatic heterocycles. The Morgan fingerprint density at radius 3 is 2.05 bits per heavy atom. The van der Waals surface area contributed by atoms with Gasteiger partial charge in [0.15, 0.2) is 6.10 Å². The van der Waals surface area contributed by atoms with Crippen LogP contribution in [0.4, 0.5) is 10.5 Å². The van der Waals surface area contributed by atoms with Crippen LogP contribution >= 0.6 is 0 Å². The predicted octanol–water partition coefficient (Wildman–Crippen LogP) is 7.57. The number of nitrogens with zero attached hydrogens (tertiary/aromatic N) is 2. The smallest absolute Gasteiger partial charge is 0.415 e. The Hall–Kier alpha value is -4.09. The minimum atomic E-state index is -0.251. The molecule has 2 bridgehead atoms. The molecule has 0 saturated carbocycles. The molecule has 3 aliphatic heterocycles. The third kappa shape index (κ3) is 6.63. The van der Waals surface area contributed by atoms with Gasteiger partial charge >= 0.3 is 6.09 Å². The zero-order chi connectivity index (χ0) is 27.9. The highest BCUT2D eigenvalue weighted by atomic mass is 16.6. The molecule has 0 spiro atoms. The number of piperidine rings is 3. The summed E-state index contributed by atoms with van der Waals surface area (Å²) in [5.41, 5.74) is 4.36. The SMILES string of the molecule is O=C(O[C@H]1C[N+]2(CCCOc3ccc(-c4ccccc4)cc3)CCC1CC2)N(Cc1ccccc1)c1ccccc1. The van der Waals surface area contributed by atoms with Crippen LogP contribution in [-0.4, -0.2) is 49.5 Å². The number of anilines is 1. The van der Waals surface area contributed by atoms with Gasteiger partial charge in [-0.2, -0.15) is 0 Å². The average molecular weight is 548 g/mol. The molecule has 1 amide bonds. The zero-order valence-corrected chi connectivity index (χ0v) is 23.6. The fourth-order valence-corrected chi connectivity index (χ4v) is 6.46. The van der Waals surface area contributed by atoms with E-state index >= 15 is 0 Å². The Balaban J connectivity index is 1.04. The van der Waals surface area contributed by atoms with Crippen molar-refractivity contribution in [3.05, 3.63) is 121 Å². The quantitative estimate of drug-likeness (QED) is 0.152. The first kappa shape index (κ1) is 27.1. The summed E-state index contributed by atoms with van der Waals surface area (Å²) >= 11 is 0. The second-order valence-corrected chi connectivity index (χ2v) is 11.5. The van der Waals surface area contributed by atoms with Gasteiger partial charge in [-0.05, 0) is 41.0 Å². The lowest BCUT2D eigenvalue weighted by atomic mass is 9.83. The summed E-state index contributed by atoms with van der Waals surface area (Å²) in [5, 5.41) is 0. The van der Waals surface area contributed by atoms with Crippen LogP contribution in [0.15, 0.2) is 115 Å². The zero-order valence-electron chi connectivity index (χ0n) is 23.6. The average Bonchev–Trinajstić information content (AvgIpc) is 3.04. The molecule has 3 saturated heterocycles. The van der Waals surface area contributed by atoms with Crippen molar-refractivity contribution in [3.8, 4) is 16.9 Å². The number of para-hydroxylation sites is 1. The van der Waals surface area contributed by atoms with E-state index in [9.17, 15) is 4.79 Å². The van der Waals surface area contributed by atoms with Gasteiger partial charge in [-0.25, -0.2) is 4.79 Å². The molecule has 5 nitrogen and oxygen atoms in total. The summed E-state index contributed by atoms with van der Waals surface area (Å²) in [7, 11) is 0. The van der Waals surface area contributed by atoms with E-state index in [2.05, 4.69) is 60.7 Å². The minimum absolute atomic E-state index is 0.0431. The number of hydrogen-bond acceptors (Lipinski definition) is 3. The maximum Gasteiger partial charge on any atom is 0.415 e. The van der Waals surface area contributed by atoms with Crippen LogP contribution in [0.25, 0.3) is 11.1 Å². The fraction of sp³-hybridized carbons (Fsp3) is 0.306. The molecule has 0 radical (unpaired) electrons. The lowest BCUT2D eigenvalue weighted by Gasteiger charge is -2.52. The number of fused-ring (bicyclic) bond motifs is 3. The van der Waals surface area contributed by atoms with Crippen LogP contribution in [0.5, 0.6) is 5.75 Å². The third-order valence-corrected chi connectivity index (χ3v) is 8.77. The number of quaternary nitrogens is 1. The lowest BCUT2D eigenvalue weighted by molar-refractivity contribution is -0.946. The van der Waals surface area contributed by atoms with Crippen molar-refractivity contribution in [1.29, 1.82) is 0 Å². The molecule has 3 aliphatic rings. The summed E-state index contributed by atoms with van der Waals surface area (Å²) in [6.07, 6.45) is 2.92. The van der Waals surface area contributed by atoms with Gasteiger partial charge in [0.05, 0.1) is 32.8 Å². The highest BCUT2D eigenvalue weighted by Gasteiger charge is 2.47. The molecular weight excluding hydrogens is 508 g/mol. The maximum absolute atomic E-state index is 13.6. The number of rotatable bonds is 10. The van der Waals surface area contributed by atoms with E-state index in [0.717, 1.165) is 66.9 Å². The van der Waals surface area contributed by atoms with E-state index in [4.69, 9.17) is 9.47 Å². The van der Waals surface area contributed by atoms with Gasteiger partial charge in [0, 0.05) is 30.9 Å². The van der Waals surface area contributed by atoms with Crippen LogP contribution in [-0.2, 0) is 11.3 Å². The van der Waals surface area contributed by atoms with Crippen molar-refractivity contribution < 1.29 is 18.8 Å². The molecule has 3 fully saturated rings. The first-order valence-electron chi connectivity index (χ1n) is 14.9. The molecule has 3 heterocycles. The van der Waals surface area contributed by atoms with Gasteiger partial charge in [0.1, 0.15) is 12.3 Å². The fourth-order valence-electron chi connectivity index (χ4n) is 6.46. The van der Waals surface area contributed by atoms with Gasteiger partial charge in [0.25, 0.3) is 0 Å². The van der Waals surface area contributed by atoms with Crippen molar-refractivity contribution >= 4 is 11.8 Å². The highest BCUT2D eigenvalue weighted by Crippen LogP contribution is 2.36. The second-order valence-electron chi connectivity index (χ2n) is 11.5. The molecule has 1 atom stereocenters. The first-order chi connectivity index (χ1) is 20.2. The largest absolute Gasteiger partial charge is 0.493 e. The third-order valence-electron chi connectivity index (χ3n) is 8.77. The van der Waals surface area contributed by atoms with Crippen molar-refractivity contribution in [3.63, 3.8) is 0 Å². The van der Waals surface area contributed by atoms with Crippen molar-refractivity contribution in [2.45, 2.75) is 31.9 Å². The molecule has 210 valence electrons. The maximum atomic E-state index is 13.6. The van der Waals surface area contributed by atoms with Gasteiger partial charge in [-0.1, -0.05) is 91.0 Å². The van der Waals surface area contributed by atoms with Gasteiger partial charge in [-0.15, -0.1) is 0 Å². The van der Waals surface area contributed by atoms with Gasteiger partial charge in [0.2, 0.25) is 0 Å². The van der Waals surface area contributed by atoms with Crippen LogP contribution in [0.2, 0.25) is 0 Å². The monoisotopic (exact) mass is 547 g/mol. The number of amides is 1. The van der Waals surface area contributed by atoms with Crippen LogP contribution < -0.4 is 9.64 Å². The Morgan fingerprint density at radius 2 is 1.37 bits per heavy atom. The highest BCUT2D eigenvalue weighted by molar-refractivity contribution is 5.87. The number of benzene rings is 4. The van der Waals surface area contributed by atoms with E-state index in [-0.39, 0.29) is 12.2 Å². The number of carbonyl (C=O) groups excluding carboxylic acids is 1. The molecular formula is C36H39N2O3+. The summed E-state index contributed by atoms with van der Waals surface area (Å²) < 4.78 is 13.4. The van der Waals surface area contributed by atoms with Crippen molar-refractivity contribution in [2.75, 3.05) is 37.7 Å². The molecule has 5 heteroatoms. The van der Waals surface area contributed by atoms with E-state index in [1.807, 2.05) is 54.6 Å². The second kappa shape index (κ2) is 12.6. The number of ether oxygens (including phenoxy) is 2. The topological polar surface area (TPSA) is 38.8 Å². The van der Waals surface area contributed by atoms with Crippen molar-refractivity contribution in [1.82, 2.24) is 0 Å². The summed E-state index contributed by atoms with van der Waals surface area (Å²) in [6, 6.07) is 38.8. The molecule has 4 aromatic carbocycles. The van der Waals surface area contributed by atoms with Gasteiger partial charge < -0.3 is 14.0 Å². The summed E-state index contributed by atoms with van der Waals surface area (Å²) in [6.45, 7) is 5.46. The normalized spacial score (nSPS) is 21.3. The van der Waals surface area contributed by atoms with E-state index < -0.39 is 0 Å². The van der Waals surface area contributed by atoms with E-state index in [0.29, 0.717) is 19.1 Å². The lowest BCUT2D eigenvalue weighted by Crippen LogP contribution is -2.65. The summed E-state index contributed by atoms with van der Waals surface area (Å²) in [5.74, 6) is 1.36. The minimum Gasteiger partial charge on any atom is -0.493 e. The molecule has 0 unspecified atom stereocenters. The standard InChI is InChI=1S/C36H39N2O3/c39-36(37(33-15-8-3-9-16-33)27-29-11-4-1-5-12-29)41-35-28-38(24-21-32(35)22-25-38)23-10-26-40-34-19-17-31(18-20-34)30-13-6-2-7-14-30/h1-9,11-20,32,35H,10,21-28H2/q+1/t32?,35-,38?/m0/s1. The number of carbonyl (C=O) groups is 1. The van der Waals surface area contributed by atoms with E-state index in [1.54, 1.807) is 4.90 Å². The van der Waals surface area contributed by atoms with Crippen LogP contribution in [0.3, 0.4) is 0 Å². The molecule has 4 aromatic rings. The molecule has 41 heavy (non-hydrogen) atoms. The van der Waals surface area contributed by atoms with Crippen LogP contribution in [0, 0.1) is 5.92 Å².